The molecule has 0 radical (unpaired) electrons. The van der Waals surface area contributed by atoms with Crippen LogP contribution in [0.3, 0.4) is 0 Å². The van der Waals surface area contributed by atoms with Gasteiger partial charge in [0.05, 0.1) is 5.69 Å². The van der Waals surface area contributed by atoms with E-state index in [0.29, 0.717) is 5.76 Å². The molecule has 4 heterocycles. The third-order valence-electron chi connectivity index (χ3n) is 8.68. The van der Waals surface area contributed by atoms with Crippen LogP contribution in [0.25, 0.3) is 11.8 Å². The molecule has 192 valence electrons. The number of carbonyl (C=O) groups is 1. The molecule has 0 atom stereocenters. The summed E-state index contributed by atoms with van der Waals surface area (Å²) in [6, 6.07) is 35.8. The summed E-state index contributed by atoms with van der Waals surface area (Å²) in [4.78, 5) is 20.1. The van der Waals surface area contributed by atoms with Crippen LogP contribution >= 0.6 is 0 Å². The highest BCUT2D eigenvalue weighted by atomic mass is 16.6. The lowest BCUT2D eigenvalue weighted by atomic mass is 9.31. The van der Waals surface area contributed by atoms with E-state index >= 15 is 0 Å². The molecule has 5 aromatic rings. The molecule has 0 saturated heterocycles. The van der Waals surface area contributed by atoms with Crippen LogP contribution in [0, 0.1) is 0 Å². The van der Waals surface area contributed by atoms with Gasteiger partial charge in [-0.1, -0.05) is 67.8 Å². The lowest BCUT2D eigenvalue weighted by Gasteiger charge is -2.50. The Morgan fingerprint density at radius 1 is 0.634 bits per heavy atom. The first-order valence-corrected chi connectivity index (χ1v) is 13.7. The van der Waals surface area contributed by atoms with E-state index in [2.05, 4.69) is 102 Å². The number of cyclic esters (lactones) is 1. The van der Waals surface area contributed by atoms with Crippen molar-refractivity contribution in [2.24, 2.45) is 0 Å². The zero-order valence-electron chi connectivity index (χ0n) is 22.0. The van der Waals surface area contributed by atoms with E-state index in [4.69, 9.17) is 4.74 Å². The summed E-state index contributed by atoms with van der Waals surface area (Å²) >= 11 is 0. The van der Waals surface area contributed by atoms with Gasteiger partial charge in [-0.05, 0) is 76.5 Å². The number of hydrogen-bond donors (Lipinski definition) is 0. The second-order valence-corrected chi connectivity index (χ2v) is 10.6. The molecular weight excluding hydrogens is 505 g/mol. The first-order chi connectivity index (χ1) is 20.2. The van der Waals surface area contributed by atoms with Crippen LogP contribution in [0.4, 0.5) is 50.3 Å². The Morgan fingerprint density at radius 2 is 1.15 bits per heavy atom. The summed E-state index contributed by atoms with van der Waals surface area (Å²) in [6.45, 7) is 8.22. The zero-order chi connectivity index (χ0) is 27.4. The summed E-state index contributed by atoms with van der Waals surface area (Å²) in [7, 11) is 0. The molecule has 0 aliphatic carbocycles. The van der Waals surface area contributed by atoms with Crippen LogP contribution in [-0.2, 0) is 4.74 Å². The topological polar surface area (TPSA) is 36.0 Å². The van der Waals surface area contributed by atoms with Crippen LogP contribution in [0.15, 0.2) is 116 Å². The van der Waals surface area contributed by atoms with E-state index in [1.165, 1.54) is 5.46 Å². The number of anilines is 8. The largest absolute Gasteiger partial charge is 0.424 e. The maximum atomic E-state index is 13.7. The minimum absolute atomic E-state index is 0.0788. The fraction of sp³-hybridized carbons (Fsp3) is 0. The standard InChI is InChI=1S/C35H22BN3O2/c1-3-22-20-29-33-34-30(22)21(2)41-35(40)39(34)28-19-11-17-26-32(28)36(33)31-25(37(26)23-12-6-4-7-13-23)16-10-18-27(31)38(29)24-14-8-5-9-15-24/h3-20H,1-2H2. The number of nitrogens with zero attached hydrogens (tertiary/aromatic N) is 3. The minimum Gasteiger partial charge on any atom is -0.410 e. The second-order valence-electron chi connectivity index (χ2n) is 10.6. The highest BCUT2D eigenvalue weighted by Gasteiger charge is 2.52. The quantitative estimate of drug-likeness (QED) is 0.232. The molecule has 5 nitrogen and oxygen atoms in total. The molecule has 1 amide bonds. The van der Waals surface area contributed by atoms with Gasteiger partial charge in [0, 0.05) is 45.4 Å². The number of hydrogen-bond acceptors (Lipinski definition) is 4. The summed E-state index contributed by atoms with van der Waals surface area (Å²) in [5.74, 6) is 0.352. The van der Waals surface area contributed by atoms with E-state index in [1.54, 1.807) is 4.90 Å². The van der Waals surface area contributed by atoms with Crippen LogP contribution in [0.2, 0.25) is 0 Å². The van der Waals surface area contributed by atoms with E-state index in [-0.39, 0.29) is 6.71 Å². The van der Waals surface area contributed by atoms with Gasteiger partial charge >= 0.3 is 6.09 Å². The second kappa shape index (κ2) is 7.80. The molecule has 9 rings (SSSR count). The van der Waals surface area contributed by atoms with E-state index in [1.807, 2.05) is 30.3 Å². The van der Waals surface area contributed by atoms with Crippen LogP contribution < -0.4 is 31.1 Å². The fourth-order valence-corrected chi connectivity index (χ4v) is 7.21. The summed E-state index contributed by atoms with van der Waals surface area (Å²) in [6.07, 6.45) is 1.38. The molecule has 0 saturated carbocycles. The maximum Gasteiger partial charge on any atom is 0.424 e. The average molecular weight is 527 g/mol. The van der Waals surface area contributed by atoms with E-state index in [9.17, 15) is 4.79 Å². The SMILES string of the molecule is C=Cc1cc2c3c4c1C(=C)OC(=O)N4c1cccc4c1B3c1c(cccc1N2c1ccccc1)N4c1ccccc1. The molecule has 41 heavy (non-hydrogen) atoms. The Hall–Kier alpha value is -5.49. The van der Waals surface area contributed by atoms with Crippen molar-refractivity contribution in [3.63, 3.8) is 0 Å². The van der Waals surface area contributed by atoms with Gasteiger partial charge < -0.3 is 14.5 Å². The van der Waals surface area contributed by atoms with Gasteiger partial charge in [-0.25, -0.2) is 9.69 Å². The molecular formula is C35H22BN3O2. The molecule has 6 heteroatoms. The number of para-hydroxylation sites is 2. The number of carbonyl (C=O) groups excluding carboxylic acids is 1. The highest BCUT2D eigenvalue weighted by molar-refractivity contribution is 7.02. The highest BCUT2D eigenvalue weighted by Crippen LogP contribution is 2.51. The van der Waals surface area contributed by atoms with Gasteiger partial charge in [0.25, 0.3) is 6.71 Å². The monoisotopic (exact) mass is 527 g/mol. The van der Waals surface area contributed by atoms with Crippen molar-refractivity contribution in [2.45, 2.75) is 0 Å². The average Bonchev–Trinajstić information content (AvgIpc) is 3.01. The fourth-order valence-electron chi connectivity index (χ4n) is 7.21. The van der Waals surface area contributed by atoms with Crippen molar-refractivity contribution in [3.05, 3.63) is 127 Å². The molecule has 4 aliphatic heterocycles. The molecule has 0 N–H and O–H groups in total. The normalized spacial score (nSPS) is 15.0. The van der Waals surface area contributed by atoms with Crippen LogP contribution in [-0.4, -0.2) is 12.8 Å². The Labute approximate surface area is 237 Å². The third kappa shape index (κ3) is 2.69. The summed E-state index contributed by atoms with van der Waals surface area (Å²) < 4.78 is 5.80. The maximum absolute atomic E-state index is 13.7. The van der Waals surface area contributed by atoms with E-state index in [0.717, 1.165) is 67.6 Å². The van der Waals surface area contributed by atoms with Gasteiger partial charge in [0.1, 0.15) is 5.76 Å². The summed E-state index contributed by atoms with van der Waals surface area (Å²) in [5.41, 5.74) is 13.2. The third-order valence-corrected chi connectivity index (χ3v) is 8.68. The lowest BCUT2D eigenvalue weighted by molar-refractivity contribution is 0.200. The molecule has 0 aromatic heterocycles. The first-order valence-electron chi connectivity index (χ1n) is 13.7. The number of ether oxygens (including phenoxy) is 1. The predicted octanol–water partition coefficient (Wildman–Crippen LogP) is 6.98. The first kappa shape index (κ1) is 22.3. The Morgan fingerprint density at radius 3 is 1.68 bits per heavy atom. The van der Waals surface area contributed by atoms with Crippen molar-refractivity contribution in [3.8, 4) is 0 Å². The van der Waals surface area contributed by atoms with Gasteiger partial charge in [0.2, 0.25) is 0 Å². The molecule has 0 spiro atoms. The van der Waals surface area contributed by atoms with Gasteiger partial charge in [0.15, 0.2) is 0 Å². The Bertz CT molecular complexity index is 2000. The lowest BCUT2D eigenvalue weighted by Crippen LogP contribution is -2.66. The van der Waals surface area contributed by atoms with Crippen molar-refractivity contribution < 1.29 is 9.53 Å². The molecule has 0 fully saturated rings. The summed E-state index contributed by atoms with van der Waals surface area (Å²) in [5, 5.41) is 0. The van der Waals surface area contributed by atoms with Crippen molar-refractivity contribution in [1.82, 2.24) is 0 Å². The van der Waals surface area contributed by atoms with Crippen molar-refractivity contribution in [2.75, 3.05) is 14.7 Å². The number of rotatable bonds is 3. The minimum atomic E-state index is -0.444. The number of amides is 1. The molecule has 4 aliphatic rings. The van der Waals surface area contributed by atoms with Gasteiger partial charge in [-0.15, -0.1) is 0 Å². The number of benzene rings is 5. The van der Waals surface area contributed by atoms with Gasteiger partial charge in [-0.2, -0.15) is 0 Å². The Balaban J connectivity index is 1.49. The molecule has 0 unspecified atom stereocenters. The molecule has 5 aromatic carbocycles. The smallest absolute Gasteiger partial charge is 0.410 e. The predicted molar refractivity (Wildman–Crippen MR) is 168 cm³/mol. The van der Waals surface area contributed by atoms with Crippen molar-refractivity contribution >= 4 is 86.5 Å². The van der Waals surface area contributed by atoms with Crippen LogP contribution in [0.1, 0.15) is 11.1 Å². The number of fused-ring (bicyclic) bond motifs is 1. The Kier molecular flexibility index (Phi) is 4.25. The molecule has 0 bridgehead atoms. The van der Waals surface area contributed by atoms with E-state index < -0.39 is 6.09 Å². The van der Waals surface area contributed by atoms with Gasteiger partial charge in [-0.3, -0.25) is 0 Å². The zero-order valence-corrected chi connectivity index (χ0v) is 22.0. The van der Waals surface area contributed by atoms with Crippen molar-refractivity contribution in [1.29, 1.82) is 0 Å². The van der Waals surface area contributed by atoms with Crippen LogP contribution in [0.5, 0.6) is 0 Å².